The number of nitro benzene ring substituents is 1. The van der Waals surface area contributed by atoms with Crippen molar-refractivity contribution in [3.63, 3.8) is 0 Å². The smallest absolute Gasteiger partial charge is 0.282 e. The number of imide groups is 1. The summed E-state index contributed by atoms with van der Waals surface area (Å²) in [5, 5.41) is 14.0. The quantitative estimate of drug-likeness (QED) is 0.503. The lowest BCUT2D eigenvalue weighted by Gasteiger charge is -2.21. The van der Waals surface area contributed by atoms with Crippen molar-refractivity contribution in [3.05, 3.63) is 68.7 Å². The van der Waals surface area contributed by atoms with Gasteiger partial charge >= 0.3 is 0 Å². The van der Waals surface area contributed by atoms with Crippen molar-refractivity contribution in [1.29, 1.82) is 0 Å². The van der Waals surface area contributed by atoms with Crippen LogP contribution in [0.1, 0.15) is 27.6 Å². The molecule has 0 fully saturated rings. The zero-order chi connectivity index (χ0) is 19.0. The van der Waals surface area contributed by atoms with E-state index < -0.39 is 34.4 Å². The molecule has 0 saturated heterocycles. The lowest BCUT2D eigenvalue weighted by atomic mass is 10.1. The summed E-state index contributed by atoms with van der Waals surface area (Å²) in [4.78, 5) is 48.7. The maximum atomic E-state index is 12.6. The van der Waals surface area contributed by atoms with Crippen LogP contribution in [-0.2, 0) is 4.79 Å². The summed E-state index contributed by atoms with van der Waals surface area (Å²) in [6.45, 7) is 1.36. The highest BCUT2D eigenvalue weighted by atomic mass is 35.5. The minimum absolute atomic E-state index is 0.0957. The van der Waals surface area contributed by atoms with Gasteiger partial charge in [0.1, 0.15) is 11.6 Å². The summed E-state index contributed by atoms with van der Waals surface area (Å²) in [6, 6.07) is 9.09. The van der Waals surface area contributed by atoms with Crippen molar-refractivity contribution in [2.24, 2.45) is 0 Å². The Hall–Kier alpha value is -3.26. The highest BCUT2D eigenvalue weighted by Gasteiger charge is 2.44. The lowest BCUT2D eigenvalue weighted by Crippen LogP contribution is -2.45. The van der Waals surface area contributed by atoms with Crippen molar-refractivity contribution in [2.75, 3.05) is 5.32 Å². The van der Waals surface area contributed by atoms with E-state index in [0.29, 0.717) is 15.6 Å². The summed E-state index contributed by atoms with van der Waals surface area (Å²) in [6.07, 6.45) is 0. The van der Waals surface area contributed by atoms with E-state index in [-0.39, 0.29) is 11.1 Å². The van der Waals surface area contributed by atoms with Crippen molar-refractivity contribution in [1.82, 2.24) is 4.90 Å². The number of anilines is 1. The van der Waals surface area contributed by atoms with Crippen molar-refractivity contribution in [3.8, 4) is 0 Å². The number of para-hydroxylation sites is 1. The van der Waals surface area contributed by atoms with Crippen LogP contribution in [0.3, 0.4) is 0 Å². The second-order valence-electron chi connectivity index (χ2n) is 5.58. The van der Waals surface area contributed by atoms with Crippen molar-refractivity contribution >= 4 is 40.7 Å². The Labute approximate surface area is 152 Å². The molecule has 1 atom stereocenters. The molecular formula is C17H12ClN3O5. The van der Waals surface area contributed by atoms with Crippen LogP contribution in [0, 0.1) is 10.1 Å². The predicted molar refractivity (Wildman–Crippen MR) is 93.1 cm³/mol. The third-order valence-corrected chi connectivity index (χ3v) is 4.35. The number of carbonyl (C=O) groups is 3. The van der Waals surface area contributed by atoms with E-state index in [1.165, 1.54) is 19.1 Å². The normalized spacial score (nSPS) is 14.2. The van der Waals surface area contributed by atoms with Gasteiger partial charge in [0.2, 0.25) is 5.91 Å². The minimum atomic E-state index is -1.18. The first-order valence-corrected chi connectivity index (χ1v) is 7.91. The van der Waals surface area contributed by atoms with Gasteiger partial charge in [-0.2, -0.15) is 0 Å². The van der Waals surface area contributed by atoms with E-state index in [2.05, 4.69) is 5.32 Å². The Morgan fingerprint density at radius 1 is 1.15 bits per heavy atom. The molecule has 2 aromatic rings. The molecule has 0 unspecified atom stereocenters. The van der Waals surface area contributed by atoms with Gasteiger partial charge in [-0.05, 0) is 25.1 Å². The molecule has 0 bridgehead atoms. The number of benzene rings is 2. The molecule has 1 N–H and O–H groups in total. The molecule has 8 nitrogen and oxygen atoms in total. The topological polar surface area (TPSA) is 110 Å². The van der Waals surface area contributed by atoms with Crippen LogP contribution >= 0.6 is 11.6 Å². The molecule has 0 spiro atoms. The molecule has 3 rings (SSSR count). The largest absolute Gasteiger partial charge is 0.323 e. The fourth-order valence-corrected chi connectivity index (χ4v) is 2.89. The van der Waals surface area contributed by atoms with E-state index in [1.54, 1.807) is 24.3 Å². The SMILES string of the molecule is C[C@@H](C(=O)Nc1ccccc1Cl)N1C(=O)c2cccc([N+](=O)[O-])c2C1=O. The van der Waals surface area contributed by atoms with Crippen LogP contribution in [0.5, 0.6) is 0 Å². The van der Waals surface area contributed by atoms with Crippen LogP contribution in [-0.4, -0.2) is 33.6 Å². The molecule has 1 aliphatic heterocycles. The molecule has 3 amide bonds. The standard InChI is InChI=1S/C17H12ClN3O5/c1-9(15(22)19-12-7-3-2-6-11(12)18)20-16(23)10-5-4-8-13(21(25)26)14(10)17(20)24/h2-9H,1H3,(H,19,22)/t9-/m0/s1. The lowest BCUT2D eigenvalue weighted by molar-refractivity contribution is -0.385. The number of rotatable bonds is 4. The van der Waals surface area contributed by atoms with Gasteiger partial charge in [-0.1, -0.05) is 29.8 Å². The van der Waals surface area contributed by atoms with Crippen LogP contribution in [0.25, 0.3) is 0 Å². The number of hydrogen-bond donors (Lipinski definition) is 1. The van der Waals surface area contributed by atoms with Crippen LogP contribution in [0.4, 0.5) is 11.4 Å². The average molecular weight is 374 g/mol. The number of amides is 3. The van der Waals surface area contributed by atoms with E-state index in [4.69, 9.17) is 11.6 Å². The van der Waals surface area contributed by atoms with Gasteiger partial charge in [0.25, 0.3) is 17.5 Å². The fourth-order valence-electron chi connectivity index (χ4n) is 2.71. The van der Waals surface area contributed by atoms with Crippen LogP contribution in [0.15, 0.2) is 42.5 Å². The summed E-state index contributed by atoms with van der Waals surface area (Å²) >= 11 is 5.98. The summed E-state index contributed by atoms with van der Waals surface area (Å²) in [5.74, 6) is -2.27. The van der Waals surface area contributed by atoms with Crippen molar-refractivity contribution in [2.45, 2.75) is 13.0 Å². The molecule has 1 heterocycles. The molecule has 132 valence electrons. The second kappa shape index (κ2) is 6.57. The van der Waals surface area contributed by atoms with Gasteiger partial charge in [-0.15, -0.1) is 0 Å². The first kappa shape index (κ1) is 17.6. The van der Waals surface area contributed by atoms with Gasteiger partial charge < -0.3 is 5.32 Å². The van der Waals surface area contributed by atoms with E-state index in [0.717, 1.165) is 6.07 Å². The van der Waals surface area contributed by atoms with Gasteiger partial charge in [-0.25, -0.2) is 0 Å². The molecule has 9 heteroatoms. The van der Waals surface area contributed by atoms with E-state index in [1.807, 2.05) is 0 Å². The number of carbonyl (C=O) groups excluding carboxylic acids is 3. The number of halogens is 1. The summed E-state index contributed by atoms with van der Waals surface area (Å²) in [5.41, 5.74) is -0.544. The molecule has 2 aromatic carbocycles. The van der Waals surface area contributed by atoms with Crippen molar-refractivity contribution < 1.29 is 19.3 Å². The molecule has 0 radical (unpaired) electrons. The monoisotopic (exact) mass is 373 g/mol. The molecular weight excluding hydrogens is 362 g/mol. The molecule has 0 aromatic heterocycles. The third kappa shape index (κ3) is 2.80. The first-order valence-electron chi connectivity index (χ1n) is 7.53. The summed E-state index contributed by atoms with van der Waals surface area (Å²) < 4.78 is 0. The minimum Gasteiger partial charge on any atom is -0.323 e. The van der Waals surface area contributed by atoms with Gasteiger partial charge in [-0.3, -0.25) is 29.4 Å². The molecule has 26 heavy (non-hydrogen) atoms. The Morgan fingerprint density at radius 2 is 1.85 bits per heavy atom. The van der Waals surface area contributed by atoms with E-state index >= 15 is 0 Å². The maximum Gasteiger partial charge on any atom is 0.282 e. The van der Waals surface area contributed by atoms with Crippen LogP contribution < -0.4 is 5.32 Å². The van der Waals surface area contributed by atoms with Gasteiger partial charge in [0.05, 0.1) is 21.2 Å². The van der Waals surface area contributed by atoms with E-state index in [9.17, 15) is 24.5 Å². The number of nitro groups is 1. The molecule has 0 saturated carbocycles. The van der Waals surface area contributed by atoms with Gasteiger partial charge in [0.15, 0.2) is 0 Å². The Morgan fingerprint density at radius 3 is 2.50 bits per heavy atom. The number of nitrogens with zero attached hydrogens (tertiary/aromatic N) is 2. The number of nitrogens with one attached hydrogen (secondary N) is 1. The Kier molecular flexibility index (Phi) is 4.43. The summed E-state index contributed by atoms with van der Waals surface area (Å²) in [7, 11) is 0. The second-order valence-corrected chi connectivity index (χ2v) is 5.99. The molecule has 1 aliphatic rings. The zero-order valence-corrected chi connectivity index (χ0v) is 14.2. The van der Waals surface area contributed by atoms with Crippen LogP contribution in [0.2, 0.25) is 5.02 Å². The first-order chi connectivity index (χ1) is 12.3. The highest BCUT2D eigenvalue weighted by molar-refractivity contribution is 6.33. The number of hydrogen-bond acceptors (Lipinski definition) is 5. The number of fused-ring (bicyclic) bond motifs is 1. The zero-order valence-electron chi connectivity index (χ0n) is 13.4. The predicted octanol–water partition coefficient (Wildman–Crippen LogP) is 2.87. The Bertz CT molecular complexity index is 959. The maximum absolute atomic E-state index is 12.6. The third-order valence-electron chi connectivity index (χ3n) is 4.02. The molecule has 0 aliphatic carbocycles. The average Bonchev–Trinajstić information content (AvgIpc) is 2.87. The highest BCUT2D eigenvalue weighted by Crippen LogP contribution is 2.32. The van der Waals surface area contributed by atoms with Gasteiger partial charge in [0, 0.05) is 6.07 Å². The fraction of sp³-hybridized carbons (Fsp3) is 0.118. The Balaban J connectivity index is 1.90.